The average Bonchev–Trinajstić information content (AvgIpc) is 2.28. The maximum absolute atomic E-state index is 8.49. The van der Waals surface area contributed by atoms with E-state index < -0.39 is 0 Å². The van der Waals surface area contributed by atoms with Crippen LogP contribution >= 0.6 is 0 Å². The van der Waals surface area contributed by atoms with Gasteiger partial charge in [0.15, 0.2) is 0 Å². The monoisotopic (exact) mass is 232 g/mol. The molecule has 3 nitrogen and oxygen atoms in total. The predicted octanol–water partition coefficient (Wildman–Crippen LogP) is 2.62. The molecular formula is C13H28O3. The van der Waals surface area contributed by atoms with E-state index in [1.165, 1.54) is 32.1 Å². The van der Waals surface area contributed by atoms with Gasteiger partial charge in [0.2, 0.25) is 0 Å². The Bertz CT molecular complexity index is 122. The van der Waals surface area contributed by atoms with Crippen LogP contribution in [0.15, 0.2) is 0 Å². The zero-order valence-electron chi connectivity index (χ0n) is 10.9. The summed E-state index contributed by atoms with van der Waals surface area (Å²) in [6.07, 6.45) is 6.34. The Hall–Kier alpha value is -0.120. The van der Waals surface area contributed by atoms with Gasteiger partial charge in [-0.3, -0.25) is 0 Å². The maximum Gasteiger partial charge on any atom is 0.0701 e. The molecule has 0 spiro atoms. The SMILES string of the molecule is CCCC(CCC)CCOCCOCCO. The first kappa shape index (κ1) is 15.9. The van der Waals surface area contributed by atoms with Crippen molar-refractivity contribution in [2.75, 3.05) is 33.0 Å². The lowest BCUT2D eigenvalue weighted by molar-refractivity contribution is 0.0289. The van der Waals surface area contributed by atoms with Crippen molar-refractivity contribution in [2.45, 2.75) is 46.0 Å². The summed E-state index contributed by atoms with van der Waals surface area (Å²) in [7, 11) is 0. The third kappa shape index (κ3) is 10.4. The quantitative estimate of drug-likeness (QED) is 0.526. The molecule has 0 aliphatic rings. The minimum Gasteiger partial charge on any atom is -0.394 e. The summed E-state index contributed by atoms with van der Waals surface area (Å²) >= 11 is 0. The summed E-state index contributed by atoms with van der Waals surface area (Å²) in [5.74, 6) is 0.827. The van der Waals surface area contributed by atoms with Crippen LogP contribution in [0.5, 0.6) is 0 Å². The summed E-state index contributed by atoms with van der Waals surface area (Å²) in [5.41, 5.74) is 0. The van der Waals surface area contributed by atoms with Crippen molar-refractivity contribution in [1.82, 2.24) is 0 Å². The molecule has 0 fully saturated rings. The summed E-state index contributed by atoms with van der Waals surface area (Å²) in [6.45, 7) is 7.07. The highest BCUT2D eigenvalue weighted by molar-refractivity contribution is 4.57. The molecule has 3 heteroatoms. The topological polar surface area (TPSA) is 38.7 Å². The van der Waals surface area contributed by atoms with E-state index in [4.69, 9.17) is 14.6 Å². The molecule has 98 valence electrons. The molecule has 0 aliphatic carbocycles. The van der Waals surface area contributed by atoms with Crippen molar-refractivity contribution in [2.24, 2.45) is 5.92 Å². The number of hydrogen-bond donors (Lipinski definition) is 1. The van der Waals surface area contributed by atoms with E-state index in [1.807, 2.05) is 0 Å². The number of hydrogen-bond acceptors (Lipinski definition) is 3. The van der Waals surface area contributed by atoms with Crippen molar-refractivity contribution in [1.29, 1.82) is 0 Å². The van der Waals surface area contributed by atoms with Crippen LogP contribution in [0.2, 0.25) is 0 Å². The van der Waals surface area contributed by atoms with Gasteiger partial charge in [-0.2, -0.15) is 0 Å². The highest BCUT2D eigenvalue weighted by Gasteiger charge is 2.05. The largest absolute Gasteiger partial charge is 0.394 e. The van der Waals surface area contributed by atoms with E-state index in [2.05, 4.69) is 13.8 Å². The van der Waals surface area contributed by atoms with E-state index in [0.29, 0.717) is 19.8 Å². The van der Waals surface area contributed by atoms with Crippen molar-refractivity contribution in [3.05, 3.63) is 0 Å². The molecule has 16 heavy (non-hydrogen) atoms. The molecule has 0 aliphatic heterocycles. The van der Waals surface area contributed by atoms with E-state index in [-0.39, 0.29) is 6.61 Å². The molecule has 0 aromatic heterocycles. The molecule has 0 saturated carbocycles. The van der Waals surface area contributed by atoms with Crippen LogP contribution in [-0.4, -0.2) is 38.1 Å². The Labute approximate surface area is 100 Å². The van der Waals surface area contributed by atoms with Crippen LogP contribution in [0.4, 0.5) is 0 Å². The summed E-state index contributed by atoms with van der Waals surface area (Å²) in [4.78, 5) is 0. The zero-order chi connectivity index (χ0) is 12.1. The summed E-state index contributed by atoms with van der Waals surface area (Å²) in [5, 5.41) is 8.49. The fraction of sp³-hybridized carbons (Fsp3) is 1.00. The fourth-order valence-corrected chi connectivity index (χ4v) is 1.89. The van der Waals surface area contributed by atoms with Gasteiger partial charge in [-0.05, 0) is 12.3 Å². The number of aliphatic hydroxyl groups excluding tert-OH is 1. The molecule has 0 atom stereocenters. The minimum absolute atomic E-state index is 0.0923. The Kier molecular flexibility index (Phi) is 12.9. The lowest BCUT2D eigenvalue weighted by Crippen LogP contribution is -2.10. The Morgan fingerprint density at radius 2 is 1.38 bits per heavy atom. The highest BCUT2D eigenvalue weighted by atomic mass is 16.5. The third-order valence-corrected chi connectivity index (χ3v) is 2.67. The number of ether oxygens (including phenoxy) is 2. The van der Waals surface area contributed by atoms with E-state index >= 15 is 0 Å². The molecule has 1 N–H and O–H groups in total. The van der Waals surface area contributed by atoms with E-state index in [0.717, 1.165) is 12.5 Å². The molecule has 0 radical (unpaired) electrons. The molecular weight excluding hydrogens is 204 g/mol. The van der Waals surface area contributed by atoms with Crippen molar-refractivity contribution >= 4 is 0 Å². The predicted molar refractivity (Wildman–Crippen MR) is 66.6 cm³/mol. The van der Waals surface area contributed by atoms with Gasteiger partial charge in [0, 0.05) is 6.61 Å². The molecule has 0 saturated heterocycles. The van der Waals surface area contributed by atoms with Gasteiger partial charge >= 0.3 is 0 Å². The van der Waals surface area contributed by atoms with Crippen LogP contribution < -0.4 is 0 Å². The molecule has 0 bridgehead atoms. The van der Waals surface area contributed by atoms with Gasteiger partial charge in [0.1, 0.15) is 0 Å². The summed E-state index contributed by atoms with van der Waals surface area (Å²) < 4.78 is 10.6. The van der Waals surface area contributed by atoms with Crippen LogP contribution in [0, 0.1) is 5.92 Å². The second kappa shape index (κ2) is 12.9. The average molecular weight is 232 g/mol. The first-order chi connectivity index (χ1) is 7.85. The van der Waals surface area contributed by atoms with Gasteiger partial charge in [0.25, 0.3) is 0 Å². The first-order valence-corrected chi connectivity index (χ1v) is 6.61. The standard InChI is InChI=1S/C13H28O3/c1-3-5-13(6-4-2)7-9-15-11-12-16-10-8-14/h13-14H,3-12H2,1-2H3. The van der Waals surface area contributed by atoms with Gasteiger partial charge in [-0.25, -0.2) is 0 Å². The Balaban J connectivity index is 3.25. The van der Waals surface area contributed by atoms with Gasteiger partial charge < -0.3 is 14.6 Å². The summed E-state index contributed by atoms with van der Waals surface area (Å²) in [6, 6.07) is 0. The molecule has 0 unspecified atom stereocenters. The van der Waals surface area contributed by atoms with Crippen LogP contribution in [0.25, 0.3) is 0 Å². The van der Waals surface area contributed by atoms with Gasteiger partial charge in [0.05, 0.1) is 26.4 Å². The van der Waals surface area contributed by atoms with Crippen LogP contribution in [0.1, 0.15) is 46.0 Å². The van der Waals surface area contributed by atoms with Crippen LogP contribution in [0.3, 0.4) is 0 Å². The molecule has 0 aromatic rings. The second-order valence-electron chi connectivity index (χ2n) is 4.18. The second-order valence-corrected chi connectivity index (χ2v) is 4.18. The van der Waals surface area contributed by atoms with Crippen molar-refractivity contribution in [3.63, 3.8) is 0 Å². The van der Waals surface area contributed by atoms with E-state index in [9.17, 15) is 0 Å². The molecule has 0 heterocycles. The first-order valence-electron chi connectivity index (χ1n) is 6.61. The minimum atomic E-state index is 0.0923. The number of rotatable bonds is 12. The van der Waals surface area contributed by atoms with E-state index in [1.54, 1.807) is 0 Å². The lowest BCUT2D eigenvalue weighted by Gasteiger charge is -2.14. The number of aliphatic hydroxyl groups is 1. The third-order valence-electron chi connectivity index (χ3n) is 2.67. The Morgan fingerprint density at radius 3 is 1.88 bits per heavy atom. The van der Waals surface area contributed by atoms with Crippen LogP contribution in [-0.2, 0) is 9.47 Å². The Morgan fingerprint density at radius 1 is 0.812 bits per heavy atom. The molecule has 0 amide bonds. The fourth-order valence-electron chi connectivity index (χ4n) is 1.89. The maximum atomic E-state index is 8.49. The highest BCUT2D eigenvalue weighted by Crippen LogP contribution is 2.17. The smallest absolute Gasteiger partial charge is 0.0701 e. The van der Waals surface area contributed by atoms with Gasteiger partial charge in [-0.1, -0.05) is 39.5 Å². The zero-order valence-corrected chi connectivity index (χ0v) is 10.9. The lowest BCUT2D eigenvalue weighted by atomic mass is 9.95. The normalized spacial score (nSPS) is 11.2. The van der Waals surface area contributed by atoms with Gasteiger partial charge in [-0.15, -0.1) is 0 Å². The molecule has 0 rings (SSSR count). The molecule has 0 aromatic carbocycles. The van der Waals surface area contributed by atoms with Crippen molar-refractivity contribution < 1.29 is 14.6 Å². The van der Waals surface area contributed by atoms with Crippen molar-refractivity contribution in [3.8, 4) is 0 Å².